The first kappa shape index (κ1) is 10.8. The summed E-state index contributed by atoms with van der Waals surface area (Å²) in [6.45, 7) is 5.60. The van der Waals surface area contributed by atoms with Gasteiger partial charge in [-0.1, -0.05) is 12.1 Å². The van der Waals surface area contributed by atoms with Crippen LogP contribution >= 0.6 is 0 Å². The molecule has 0 amide bonds. The van der Waals surface area contributed by atoms with Crippen LogP contribution in [0, 0.1) is 5.92 Å². The van der Waals surface area contributed by atoms with Crippen LogP contribution in [-0.2, 0) is 6.54 Å². The van der Waals surface area contributed by atoms with E-state index in [1.165, 1.54) is 29.3 Å². The van der Waals surface area contributed by atoms with Gasteiger partial charge in [-0.25, -0.2) is 0 Å². The predicted octanol–water partition coefficient (Wildman–Crippen LogP) is 3.45. The van der Waals surface area contributed by atoms with E-state index in [-0.39, 0.29) is 5.54 Å². The maximum Gasteiger partial charge on any atom is 0.0457 e. The number of benzene rings is 1. The van der Waals surface area contributed by atoms with E-state index in [1.54, 1.807) is 0 Å². The third-order valence-corrected chi connectivity index (χ3v) is 4.02. The highest BCUT2D eigenvalue weighted by Crippen LogP contribution is 2.39. The Bertz CT molecular complexity index is 520. The van der Waals surface area contributed by atoms with Gasteiger partial charge >= 0.3 is 0 Å². The van der Waals surface area contributed by atoms with Crippen LogP contribution in [0.4, 0.5) is 0 Å². The number of hydrogen-bond donors (Lipinski definition) is 2. The molecule has 0 aliphatic heterocycles. The highest BCUT2D eigenvalue weighted by molar-refractivity contribution is 5.82. The number of fused-ring (bicyclic) bond motifs is 1. The SMILES string of the molecule is CC(C)(NCc1cccc2[nH]ccc12)C1CC1. The van der Waals surface area contributed by atoms with Crippen molar-refractivity contribution in [3.8, 4) is 0 Å². The molecule has 1 fully saturated rings. The van der Waals surface area contributed by atoms with Crippen molar-refractivity contribution >= 4 is 10.9 Å². The molecule has 2 heteroatoms. The van der Waals surface area contributed by atoms with Crippen molar-refractivity contribution in [1.29, 1.82) is 0 Å². The van der Waals surface area contributed by atoms with Gasteiger partial charge in [0.15, 0.2) is 0 Å². The number of hydrogen-bond acceptors (Lipinski definition) is 1. The Kier molecular flexibility index (Phi) is 2.48. The summed E-state index contributed by atoms with van der Waals surface area (Å²) >= 11 is 0. The average Bonchev–Trinajstić information content (AvgIpc) is 3.06. The Morgan fingerprint density at radius 3 is 2.88 bits per heavy atom. The smallest absolute Gasteiger partial charge is 0.0457 e. The largest absolute Gasteiger partial charge is 0.361 e. The second-order valence-corrected chi connectivity index (χ2v) is 5.71. The van der Waals surface area contributed by atoms with E-state index >= 15 is 0 Å². The lowest BCUT2D eigenvalue weighted by Crippen LogP contribution is -2.40. The Morgan fingerprint density at radius 2 is 2.12 bits per heavy atom. The predicted molar refractivity (Wildman–Crippen MR) is 71.9 cm³/mol. The molecule has 1 saturated carbocycles. The minimum absolute atomic E-state index is 0.276. The molecular formula is C15H20N2. The van der Waals surface area contributed by atoms with Gasteiger partial charge in [0.05, 0.1) is 0 Å². The fourth-order valence-corrected chi connectivity index (χ4v) is 2.58. The van der Waals surface area contributed by atoms with Gasteiger partial charge in [-0.3, -0.25) is 0 Å². The van der Waals surface area contributed by atoms with E-state index in [1.807, 2.05) is 6.20 Å². The molecule has 90 valence electrons. The van der Waals surface area contributed by atoms with Gasteiger partial charge in [-0.2, -0.15) is 0 Å². The molecule has 1 aromatic heterocycles. The molecule has 17 heavy (non-hydrogen) atoms. The summed E-state index contributed by atoms with van der Waals surface area (Å²) in [5.74, 6) is 0.868. The lowest BCUT2D eigenvalue weighted by atomic mass is 9.98. The normalized spacial score (nSPS) is 16.6. The molecule has 1 heterocycles. The summed E-state index contributed by atoms with van der Waals surface area (Å²) in [5, 5.41) is 5.04. The van der Waals surface area contributed by atoms with Crippen LogP contribution in [0.15, 0.2) is 30.5 Å². The van der Waals surface area contributed by atoms with Crippen LogP contribution in [0.3, 0.4) is 0 Å². The molecule has 2 N–H and O–H groups in total. The minimum Gasteiger partial charge on any atom is -0.361 e. The molecule has 1 aliphatic rings. The number of aromatic amines is 1. The molecule has 0 saturated heterocycles. The van der Waals surface area contributed by atoms with Crippen LogP contribution in [0.1, 0.15) is 32.3 Å². The second kappa shape index (κ2) is 3.88. The Balaban J connectivity index is 1.78. The first-order valence-electron chi connectivity index (χ1n) is 6.47. The Hall–Kier alpha value is -1.28. The summed E-state index contributed by atoms with van der Waals surface area (Å²) in [6.07, 6.45) is 4.78. The second-order valence-electron chi connectivity index (χ2n) is 5.71. The number of rotatable bonds is 4. The van der Waals surface area contributed by atoms with Crippen molar-refractivity contribution in [2.45, 2.75) is 38.8 Å². The molecule has 0 bridgehead atoms. The zero-order valence-corrected chi connectivity index (χ0v) is 10.6. The van der Waals surface area contributed by atoms with E-state index in [0.29, 0.717) is 0 Å². The fourth-order valence-electron chi connectivity index (χ4n) is 2.58. The van der Waals surface area contributed by atoms with Gasteiger partial charge in [0.25, 0.3) is 0 Å². The molecule has 0 spiro atoms. The highest BCUT2D eigenvalue weighted by Gasteiger charge is 2.37. The summed E-state index contributed by atoms with van der Waals surface area (Å²) in [7, 11) is 0. The van der Waals surface area contributed by atoms with E-state index in [4.69, 9.17) is 0 Å². The maximum absolute atomic E-state index is 3.71. The molecule has 0 radical (unpaired) electrons. The number of nitrogens with one attached hydrogen (secondary N) is 2. The van der Waals surface area contributed by atoms with Crippen LogP contribution in [0.25, 0.3) is 10.9 Å². The summed E-state index contributed by atoms with van der Waals surface area (Å²) in [6, 6.07) is 8.63. The molecule has 2 aromatic rings. The molecule has 3 rings (SSSR count). The molecule has 1 aromatic carbocycles. The summed E-state index contributed by atoms with van der Waals surface area (Å²) < 4.78 is 0. The molecule has 1 aliphatic carbocycles. The van der Waals surface area contributed by atoms with Crippen molar-refractivity contribution < 1.29 is 0 Å². The summed E-state index contributed by atoms with van der Waals surface area (Å²) in [5.41, 5.74) is 2.89. The Morgan fingerprint density at radius 1 is 1.29 bits per heavy atom. The quantitative estimate of drug-likeness (QED) is 0.824. The third kappa shape index (κ3) is 2.09. The fraction of sp³-hybridized carbons (Fsp3) is 0.467. The Labute approximate surface area is 102 Å². The molecule has 0 atom stereocenters. The standard InChI is InChI=1S/C15H20N2/c1-15(2,12-6-7-12)17-10-11-4-3-5-14-13(11)8-9-16-14/h3-5,8-9,12,16-17H,6-7,10H2,1-2H3. The maximum atomic E-state index is 3.71. The zero-order chi connectivity index (χ0) is 11.9. The van der Waals surface area contributed by atoms with Crippen LogP contribution in [0.2, 0.25) is 0 Å². The van der Waals surface area contributed by atoms with Gasteiger partial charge in [-0.15, -0.1) is 0 Å². The van der Waals surface area contributed by atoms with Crippen LogP contribution < -0.4 is 5.32 Å². The molecule has 0 unspecified atom stereocenters. The third-order valence-electron chi connectivity index (χ3n) is 4.02. The number of H-pyrrole nitrogens is 1. The van der Waals surface area contributed by atoms with Gasteiger partial charge in [0, 0.05) is 29.2 Å². The van der Waals surface area contributed by atoms with Crippen molar-refractivity contribution in [2.75, 3.05) is 0 Å². The molecular weight excluding hydrogens is 208 g/mol. The van der Waals surface area contributed by atoms with E-state index in [2.05, 4.69) is 48.4 Å². The van der Waals surface area contributed by atoms with E-state index < -0.39 is 0 Å². The lowest BCUT2D eigenvalue weighted by molar-refractivity contribution is 0.340. The average molecular weight is 228 g/mol. The molecule has 2 nitrogen and oxygen atoms in total. The van der Waals surface area contributed by atoms with Crippen molar-refractivity contribution in [3.05, 3.63) is 36.0 Å². The van der Waals surface area contributed by atoms with Gasteiger partial charge in [0.1, 0.15) is 0 Å². The van der Waals surface area contributed by atoms with Crippen molar-refractivity contribution in [3.63, 3.8) is 0 Å². The lowest BCUT2D eigenvalue weighted by Gasteiger charge is -2.26. The first-order valence-corrected chi connectivity index (χ1v) is 6.47. The topological polar surface area (TPSA) is 27.8 Å². The van der Waals surface area contributed by atoms with Crippen LogP contribution in [0.5, 0.6) is 0 Å². The number of aromatic nitrogens is 1. The van der Waals surface area contributed by atoms with E-state index in [0.717, 1.165) is 12.5 Å². The monoisotopic (exact) mass is 228 g/mol. The summed E-state index contributed by atoms with van der Waals surface area (Å²) in [4.78, 5) is 3.26. The highest BCUT2D eigenvalue weighted by atomic mass is 15.0. The van der Waals surface area contributed by atoms with Gasteiger partial charge in [0.2, 0.25) is 0 Å². The van der Waals surface area contributed by atoms with E-state index in [9.17, 15) is 0 Å². The van der Waals surface area contributed by atoms with Crippen molar-refractivity contribution in [1.82, 2.24) is 10.3 Å². The zero-order valence-electron chi connectivity index (χ0n) is 10.6. The van der Waals surface area contributed by atoms with Crippen LogP contribution in [-0.4, -0.2) is 10.5 Å². The van der Waals surface area contributed by atoms with Gasteiger partial charge in [-0.05, 0) is 50.3 Å². The van der Waals surface area contributed by atoms with Gasteiger partial charge < -0.3 is 10.3 Å². The van der Waals surface area contributed by atoms with Crippen molar-refractivity contribution in [2.24, 2.45) is 5.92 Å². The first-order chi connectivity index (χ1) is 8.17. The minimum atomic E-state index is 0.276.